The largest absolute Gasteiger partial charge is 0.479 e. The second-order valence-electron chi connectivity index (χ2n) is 9.25. The van der Waals surface area contributed by atoms with Crippen molar-refractivity contribution in [1.29, 1.82) is 0 Å². The van der Waals surface area contributed by atoms with Gasteiger partial charge < -0.3 is 10.5 Å². The number of aromatic nitrogens is 6. The predicted octanol–water partition coefficient (Wildman–Crippen LogP) is 2.79. The molecule has 204 valence electrons. The molecule has 0 spiro atoms. The van der Waals surface area contributed by atoms with Gasteiger partial charge in [-0.15, -0.1) is 10.2 Å². The van der Waals surface area contributed by atoms with Gasteiger partial charge in [-0.2, -0.15) is 9.29 Å². The lowest BCUT2D eigenvalue weighted by atomic mass is 9.90. The molecule has 1 saturated heterocycles. The third kappa shape index (κ3) is 4.11. The molecular formula is C22H24F4N8O3S. The van der Waals surface area contributed by atoms with E-state index in [1.165, 1.54) is 23.9 Å². The summed E-state index contributed by atoms with van der Waals surface area (Å²) in [5.74, 6) is -6.88. The van der Waals surface area contributed by atoms with E-state index in [0.29, 0.717) is 15.3 Å². The molecular weight excluding hydrogens is 532 g/mol. The van der Waals surface area contributed by atoms with Crippen molar-refractivity contribution < 1.29 is 30.7 Å². The van der Waals surface area contributed by atoms with Gasteiger partial charge in [0.15, 0.2) is 5.82 Å². The number of rotatable bonds is 6. The van der Waals surface area contributed by atoms with Gasteiger partial charge in [0.05, 0.1) is 48.6 Å². The molecule has 0 amide bonds. The molecule has 16 heteroatoms. The summed E-state index contributed by atoms with van der Waals surface area (Å²) < 4.78 is 92.8. The molecule has 0 saturated carbocycles. The number of sulfonamides is 1. The Bertz CT molecular complexity index is 1660. The van der Waals surface area contributed by atoms with Crippen LogP contribution in [0.15, 0.2) is 18.2 Å². The summed E-state index contributed by atoms with van der Waals surface area (Å²) >= 11 is 0. The van der Waals surface area contributed by atoms with Crippen molar-refractivity contribution in [1.82, 2.24) is 33.9 Å². The lowest BCUT2D eigenvalue weighted by molar-refractivity contribution is -0.0659. The van der Waals surface area contributed by atoms with Gasteiger partial charge >= 0.3 is 0 Å². The highest BCUT2D eigenvalue weighted by atomic mass is 32.2. The number of halogens is 4. The van der Waals surface area contributed by atoms with E-state index < -0.39 is 52.6 Å². The molecule has 38 heavy (non-hydrogen) atoms. The molecule has 2 N–H and O–H groups in total. The first-order valence-corrected chi connectivity index (χ1v) is 13.4. The highest BCUT2D eigenvalue weighted by molar-refractivity contribution is 7.88. The summed E-state index contributed by atoms with van der Waals surface area (Å²) in [5, 5.41) is 12.0. The van der Waals surface area contributed by atoms with E-state index in [1.807, 2.05) is 0 Å². The Labute approximate surface area is 214 Å². The maximum atomic E-state index is 16.4. The van der Waals surface area contributed by atoms with Crippen LogP contribution in [0.4, 0.5) is 23.5 Å². The summed E-state index contributed by atoms with van der Waals surface area (Å²) in [6, 6.07) is 3.93. The summed E-state index contributed by atoms with van der Waals surface area (Å²) in [4.78, 5) is 4.00. The van der Waals surface area contributed by atoms with Crippen molar-refractivity contribution in [2.45, 2.75) is 31.2 Å². The number of nitrogens with zero attached hydrogens (tertiary/aromatic N) is 7. The number of methoxy groups -OCH3 is 1. The number of ether oxygens (including phenoxy) is 1. The fraction of sp³-hybridized carbons (Fsp3) is 0.455. The lowest BCUT2D eigenvalue weighted by Gasteiger charge is -2.36. The van der Waals surface area contributed by atoms with Gasteiger partial charge in [0, 0.05) is 6.54 Å². The zero-order chi connectivity index (χ0) is 27.6. The van der Waals surface area contributed by atoms with Crippen LogP contribution in [-0.2, 0) is 10.0 Å². The van der Waals surface area contributed by atoms with Crippen molar-refractivity contribution in [2.75, 3.05) is 38.9 Å². The highest BCUT2D eigenvalue weighted by Gasteiger charge is 2.50. The van der Waals surface area contributed by atoms with Crippen LogP contribution in [0.2, 0.25) is 0 Å². The van der Waals surface area contributed by atoms with Crippen LogP contribution in [0.25, 0.3) is 27.7 Å². The van der Waals surface area contributed by atoms with E-state index in [4.69, 9.17) is 10.5 Å². The quantitative estimate of drug-likeness (QED) is 0.359. The molecule has 1 aliphatic rings. The van der Waals surface area contributed by atoms with Gasteiger partial charge in [-0.05, 0) is 31.0 Å². The van der Waals surface area contributed by atoms with Crippen LogP contribution in [0, 0.1) is 5.82 Å². The predicted molar refractivity (Wildman–Crippen MR) is 130 cm³/mol. The number of benzene rings is 1. The minimum atomic E-state index is -3.89. The van der Waals surface area contributed by atoms with Crippen LogP contribution in [0.3, 0.4) is 0 Å². The molecule has 1 aromatic carbocycles. The van der Waals surface area contributed by atoms with Crippen molar-refractivity contribution in [3.05, 3.63) is 29.7 Å². The van der Waals surface area contributed by atoms with Crippen molar-refractivity contribution in [3.8, 4) is 17.0 Å². The summed E-state index contributed by atoms with van der Waals surface area (Å²) in [7, 11) is -2.63. The summed E-state index contributed by atoms with van der Waals surface area (Å²) in [6.07, 6.45) is 0.464. The van der Waals surface area contributed by atoms with Crippen LogP contribution < -0.4 is 10.5 Å². The first-order valence-electron chi connectivity index (χ1n) is 11.5. The lowest BCUT2D eigenvalue weighted by Crippen LogP contribution is -2.49. The van der Waals surface area contributed by atoms with Crippen LogP contribution in [0.5, 0.6) is 5.88 Å². The Kier molecular flexibility index (Phi) is 6.21. The van der Waals surface area contributed by atoms with E-state index in [-0.39, 0.29) is 41.4 Å². The SMILES string of the molecule is COc1nc(N)nn2c([C@H]3CCN(S(C)(=O)=O)CC3(F)F)c(F)c(-c3ccc4nnn([C@H](C)CF)c4c3)c12. The number of nitrogen functional groups attached to an aromatic ring is 1. The maximum absolute atomic E-state index is 16.4. The van der Waals surface area contributed by atoms with Gasteiger partial charge in [0.25, 0.3) is 5.92 Å². The molecule has 4 aromatic rings. The molecule has 0 unspecified atom stereocenters. The second-order valence-corrected chi connectivity index (χ2v) is 11.2. The maximum Gasteiger partial charge on any atom is 0.270 e. The monoisotopic (exact) mass is 556 g/mol. The zero-order valence-corrected chi connectivity index (χ0v) is 21.4. The van der Waals surface area contributed by atoms with E-state index in [9.17, 15) is 12.8 Å². The molecule has 3 aromatic heterocycles. The fourth-order valence-corrected chi connectivity index (χ4v) is 5.70. The van der Waals surface area contributed by atoms with Crippen LogP contribution in [-0.4, -0.2) is 81.4 Å². The number of hydrogen-bond acceptors (Lipinski definition) is 8. The van der Waals surface area contributed by atoms with Crippen molar-refractivity contribution >= 4 is 32.5 Å². The van der Waals surface area contributed by atoms with Gasteiger partial charge in [0.2, 0.25) is 21.9 Å². The topological polar surface area (TPSA) is 134 Å². The van der Waals surface area contributed by atoms with Gasteiger partial charge in [-0.3, -0.25) is 0 Å². The molecule has 11 nitrogen and oxygen atoms in total. The molecule has 1 aliphatic heterocycles. The molecule has 4 heterocycles. The Morgan fingerprint density at radius 2 is 2.05 bits per heavy atom. The summed E-state index contributed by atoms with van der Waals surface area (Å²) in [6.45, 7) is -0.485. The molecule has 2 atom stereocenters. The number of piperidine rings is 1. The molecule has 0 bridgehead atoms. The number of nitrogens with two attached hydrogens (primary N) is 1. The third-order valence-electron chi connectivity index (χ3n) is 6.70. The smallest absolute Gasteiger partial charge is 0.270 e. The Morgan fingerprint density at radius 1 is 1.32 bits per heavy atom. The van der Waals surface area contributed by atoms with Gasteiger partial charge in [-0.1, -0.05) is 11.3 Å². The Morgan fingerprint density at radius 3 is 2.68 bits per heavy atom. The average molecular weight is 557 g/mol. The minimum Gasteiger partial charge on any atom is -0.479 e. The molecule has 5 rings (SSSR count). The number of alkyl halides is 3. The van der Waals surface area contributed by atoms with E-state index in [1.54, 1.807) is 13.0 Å². The average Bonchev–Trinajstić information content (AvgIpc) is 3.40. The van der Waals surface area contributed by atoms with Gasteiger partial charge in [-0.25, -0.2) is 35.2 Å². The second kappa shape index (κ2) is 9.04. The standard InChI is InChI=1S/C22H24F4N8O3S/c1-11(9-23)33-15-8-12(4-5-14(15)29-31-33)16-17(24)18(34-19(16)20(37-2)28-21(27)30-34)13-6-7-32(38(3,35)36)10-22(13,25)26/h4-5,8,11,13H,6-7,9-10H2,1-3H3,(H2,27,30)/t11-,13-/m1/s1. The van der Waals surface area contributed by atoms with Crippen LogP contribution in [0.1, 0.15) is 31.0 Å². The number of hydrogen-bond donors (Lipinski definition) is 1. The number of fused-ring (bicyclic) bond motifs is 2. The molecule has 0 aliphatic carbocycles. The van der Waals surface area contributed by atoms with E-state index in [2.05, 4.69) is 20.4 Å². The molecule has 1 fully saturated rings. The normalized spacial score (nSPS) is 19.3. The number of anilines is 1. The van der Waals surface area contributed by atoms with Crippen LogP contribution >= 0.6 is 0 Å². The first-order chi connectivity index (χ1) is 17.9. The molecule has 0 radical (unpaired) electrons. The van der Waals surface area contributed by atoms with Crippen molar-refractivity contribution in [2.24, 2.45) is 0 Å². The fourth-order valence-electron chi connectivity index (χ4n) is 4.85. The Balaban J connectivity index is 1.76. The van der Waals surface area contributed by atoms with Gasteiger partial charge in [0.1, 0.15) is 17.7 Å². The third-order valence-corrected chi connectivity index (χ3v) is 7.95. The Hall–Kier alpha value is -3.53. The van der Waals surface area contributed by atoms with E-state index >= 15 is 13.2 Å². The summed E-state index contributed by atoms with van der Waals surface area (Å²) in [5.41, 5.74) is 6.18. The van der Waals surface area contributed by atoms with Crippen molar-refractivity contribution in [3.63, 3.8) is 0 Å². The van der Waals surface area contributed by atoms with E-state index in [0.717, 1.165) is 10.8 Å². The first kappa shape index (κ1) is 26.1. The minimum absolute atomic E-state index is 0.0487. The zero-order valence-electron chi connectivity index (χ0n) is 20.6. The highest BCUT2D eigenvalue weighted by Crippen LogP contribution is 2.46.